The van der Waals surface area contributed by atoms with E-state index in [0.29, 0.717) is 17.9 Å². The zero-order valence-electron chi connectivity index (χ0n) is 15.7. The number of hydrogen-bond acceptors (Lipinski definition) is 6. The number of benzene rings is 2. The molecule has 2 aliphatic rings. The quantitative estimate of drug-likeness (QED) is 0.768. The van der Waals surface area contributed by atoms with Crippen molar-refractivity contribution in [1.82, 2.24) is 4.90 Å². The van der Waals surface area contributed by atoms with E-state index in [4.69, 9.17) is 10.00 Å². The van der Waals surface area contributed by atoms with Crippen LogP contribution in [0, 0.1) is 18.3 Å². The van der Waals surface area contributed by atoms with Crippen LogP contribution in [0.3, 0.4) is 0 Å². The maximum absolute atomic E-state index is 10.0. The van der Waals surface area contributed by atoms with E-state index >= 15 is 0 Å². The lowest BCUT2D eigenvalue weighted by molar-refractivity contribution is 0.356. The van der Waals surface area contributed by atoms with Gasteiger partial charge in [-0.05, 0) is 61.2 Å². The predicted octanol–water partition coefficient (Wildman–Crippen LogP) is 4.92. The van der Waals surface area contributed by atoms with Gasteiger partial charge in [-0.1, -0.05) is 22.9 Å². The van der Waals surface area contributed by atoms with E-state index < -0.39 is 10.8 Å². The minimum absolute atomic E-state index is 0.0749. The molecule has 7 heteroatoms. The summed E-state index contributed by atoms with van der Waals surface area (Å²) in [6, 6.07) is 15.4. The molecule has 6 nitrogen and oxygen atoms in total. The fourth-order valence-electron chi connectivity index (χ4n) is 3.77. The van der Waals surface area contributed by atoms with Crippen LogP contribution < -0.4 is 4.74 Å². The number of hydrogen-bond donors (Lipinski definition) is 2. The summed E-state index contributed by atoms with van der Waals surface area (Å²) in [7, 11) is -2.85. The van der Waals surface area contributed by atoms with Gasteiger partial charge in [-0.3, -0.25) is 9.11 Å². The molecule has 2 N–H and O–H groups in total. The molecular formula is C21H23N3O3S. The van der Waals surface area contributed by atoms with E-state index in [2.05, 4.69) is 15.4 Å². The Morgan fingerprint density at radius 1 is 1.18 bits per heavy atom. The van der Waals surface area contributed by atoms with Gasteiger partial charge < -0.3 is 9.64 Å². The van der Waals surface area contributed by atoms with Crippen LogP contribution in [0.4, 0.5) is 0 Å². The summed E-state index contributed by atoms with van der Waals surface area (Å²) in [4.78, 5) is 2.18. The highest BCUT2D eigenvalue weighted by Crippen LogP contribution is 2.46. The van der Waals surface area contributed by atoms with Gasteiger partial charge in [0, 0.05) is 19.0 Å². The Labute approximate surface area is 166 Å². The molecule has 0 aliphatic carbocycles. The van der Waals surface area contributed by atoms with Crippen molar-refractivity contribution in [3.05, 3.63) is 59.2 Å². The Morgan fingerprint density at radius 2 is 1.96 bits per heavy atom. The lowest BCUT2D eigenvalue weighted by atomic mass is 9.89. The monoisotopic (exact) mass is 397 g/mol. The number of nitrogens with zero attached hydrogens (tertiary/aromatic N) is 3. The summed E-state index contributed by atoms with van der Waals surface area (Å²) < 4.78 is 30.3. The highest BCUT2D eigenvalue weighted by atomic mass is 32.3. The molecule has 0 bridgehead atoms. The van der Waals surface area contributed by atoms with Crippen LogP contribution in [0.1, 0.15) is 35.4 Å². The molecule has 2 aromatic carbocycles. The Bertz CT molecular complexity index is 950. The fraction of sp³-hybridized carbons (Fsp3) is 0.333. The summed E-state index contributed by atoms with van der Waals surface area (Å²) in [5.41, 5.74) is 2.62. The van der Waals surface area contributed by atoms with Gasteiger partial charge >= 0.3 is 0 Å². The van der Waals surface area contributed by atoms with Gasteiger partial charge in [-0.25, -0.2) is 0 Å². The first-order chi connectivity index (χ1) is 13.4. The molecule has 146 valence electrons. The van der Waals surface area contributed by atoms with Crippen LogP contribution in [0.5, 0.6) is 11.5 Å². The number of ether oxygens (including phenoxy) is 1. The van der Waals surface area contributed by atoms with Crippen molar-refractivity contribution >= 4 is 16.6 Å². The van der Waals surface area contributed by atoms with Crippen molar-refractivity contribution in [2.75, 3.05) is 18.8 Å². The molecule has 4 rings (SSSR count). The molecule has 0 saturated carbocycles. The second-order valence-electron chi connectivity index (χ2n) is 7.23. The van der Waals surface area contributed by atoms with Crippen LogP contribution in [-0.4, -0.2) is 38.7 Å². The van der Waals surface area contributed by atoms with Crippen molar-refractivity contribution in [2.45, 2.75) is 25.7 Å². The normalized spacial score (nSPS) is 21.9. The van der Waals surface area contributed by atoms with Crippen molar-refractivity contribution in [1.29, 1.82) is 5.26 Å². The highest BCUT2D eigenvalue weighted by Gasteiger charge is 2.33. The third kappa shape index (κ3) is 3.85. The molecule has 1 unspecified atom stereocenters. The minimum atomic E-state index is -2.85. The van der Waals surface area contributed by atoms with E-state index in [9.17, 15) is 9.11 Å². The first kappa shape index (κ1) is 18.8. The summed E-state index contributed by atoms with van der Waals surface area (Å²) in [6.07, 6.45) is 2.01. The number of aryl methyl sites for hydroxylation is 1. The molecule has 0 amide bonds. The molecule has 2 aromatic rings. The maximum atomic E-state index is 10.0. The SMILES string of the molecule is Cc1cc(C#N)ccc1Oc1ccc(C2CCCN3CCS(O)(O)N=C23)cc1. The lowest BCUT2D eigenvalue weighted by Crippen LogP contribution is -2.45. The van der Waals surface area contributed by atoms with Crippen LogP contribution in [0.25, 0.3) is 0 Å². The zero-order valence-corrected chi connectivity index (χ0v) is 16.5. The van der Waals surface area contributed by atoms with E-state index in [1.165, 1.54) is 0 Å². The lowest BCUT2D eigenvalue weighted by Gasteiger charge is -2.43. The predicted molar refractivity (Wildman–Crippen MR) is 111 cm³/mol. The standard InChI is InChI=1S/C21H23N3O3S/c1-15-13-16(14-22)4-9-20(15)27-18-7-5-17(6-8-18)19-3-2-10-24-11-12-28(25,26)23-21(19)24/h4-9,13,19,25-26H,2-3,10-12H2,1H3. The van der Waals surface area contributed by atoms with Crippen molar-refractivity contribution in [3.63, 3.8) is 0 Å². The highest BCUT2D eigenvalue weighted by molar-refractivity contribution is 8.23. The molecule has 28 heavy (non-hydrogen) atoms. The van der Waals surface area contributed by atoms with E-state index in [0.717, 1.165) is 47.8 Å². The smallest absolute Gasteiger partial charge is 0.132 e. The third-order valence-electron chi connectivity index (χ3n) is 5.25. The van der Waals surface area contributed by atoms with Crippen molar-refractivity contribution in [3.8, 4) is 17.6 Å². The number of fused-ring (bicyclic) bond motifs is 1. The Balaban J connectivity index is 1.55. The van der Waals surface area contributed by atoms with Gasteiger partial charge in [0.25, 0.3) is 0 Å². The molecule has 2 heterocycles. The average Bonchev–Trinajstić information content (AvgIpc) is 2.69. The van der Waals surface area contributed by atoms with Gasteiger partial charge in [0.05, 0.1) is 17.4 Å². The summed E-state index contributed by atoms with van der Waals surface area (Å²) in [5, 5.41) is 8.98. The summed E-state index contributed by atoms with van der Waals surface area (Å²) in [6.45, 7) is 3.49. The van der Waals surface area contributed by atoms with Crippen molar-refractivity contribution < 1.29 is 13.8 Å². The van der Waals surface area contributed by atoms with Gasteiger partial charge in [0.2, 0.25) is 0 Å². The topological polar surface area (TPSA) is 89.1 Å². The summed E-state index contributed by atoms with van der Waals surface area (Å²) in [5.74, 6) is 2.64. The molecular weight excluding hydrogens is 374 g/mol. The molecule has 1 saturated heterocycles. The van der Waals surface area contributed by atoms with Crippen LogP contribution in [0.15, 0.2) is 46.9 Å². The van der Waals surface area contributed by atoms with Crippen LogP contribution in [-0.2, 0) is 0 Å². The average molecular weight is 398 g/mol. The molecule has 0 radical (unpaired) electrons. The number of nitriles is 1. The van der Waals surface area contributed by atoms with Gasteiger partial charge in [0.15, 0.2) is 0 Å². The van der Waals surface area contributed by atoms with Gasteiger partial charge in [0.1, 0.15) is 17.3 Å². The largest absolute Gasteiger partial charge is 0.457 e. The second kappa shape index (κ2) is 7.47. The maximum Gasteiger partial charge on any atom is 0.132 e. The molecule has 1 fully saturated rings. The Kier molecular flexibility index (Phi) is 5.02. The van der Waals surface area contributed by atoms with Crippen LogP contribution >= 0.6 is 10.8 Å². The van der Waals surface area contributed by atoms with E-state index in [1.54, 1.807) is 12.1 Å². The Morgan fingerprint density at radius 3 is 2.68 bits per heavy atom. The number of amidine groups is 1. The van der Waals surface area contributed by atoms with Crippen LogP contribution in [0.2, 0.25) is 0 Å². The zero-order chi connectivity index (χ0) is 19.7. The van der Waals surface area contributed by atoms with Crippen molar-refractivity contribution in [2.24, 2.45) is 4.40 Å². The van der Waals surface area contributed by atoms with Gasteiger partial charge in [-0.15, -0.1) is 4.40 Å². The first-order valence-corrected chi connectivity index (χ1v) is 11.0. The van der Waals surface area contributed by atoms with Gasteiger partial charge in [-0.2, -0.15) is 5.26 Å². The number of piperidine rings is 1. The molecule has 0 aromatic heterocycles. The van der Waals surface area contributed by atoms with E-state index in [-0.39, 0.29) is 5.92 Å². The fourth-order valence-corrected chi connectivity index (χ4v) is 4.87. The molecule has 1 atom stereocenters. The van der Waals surface area contributed by atoms with E-state index in [1.807, 2.05) is 37.3 Å². The minimum Gasteiger partial charge on any atom is -0.457 e. The molecule has 2 aliphatic heterocycles. The molecule has 0 spiro atoms. The third-order valence-corrected chi connectivity index (χ3v) is 6.46. The number of rotatable bonds is 3. The first-order valence-electron chi connectivity index (χ1n) is 9.34. The summed E-state index contributed by atoms with van der Waals surface area (Å²) >= 11 is 0. The second-order valence-corrected chi connectivity index (χ2v) is 9.09. The Hall–Kier alpha value is -2.53.